The van der Waals surface area contributed by atoms with E-state index in [0.717, 1.165) is 24.9 Å². The molecular formula is C22H25N3O3. The molecule has 0 fully saturated rings. The largest absolute Gasteiger partial charge is 0.477 e. The van der Waals surface area contributed by atoms with E-state index in [1.54, 1.807) is 7.05 Å². The van der Waals surface area contributed by atoms with Gasteiger partial charge in [0.25, 0.3) is 5.91 Å². The first-order valence-electron chi connectivity index (χ1n) is 9.75. The average molecular weight is 379 g/mol. The molecule has 2 aliphatic rings. The van der Waals surface area contributed by atoms with Gasteiger partial charge in [0.1, 0.15) is 5.75 Å². The van der Waals surface area contributed by atoms with Gasteiger partial charge < -0.3 is 20.3 Å². The van der Waals surface area contributed by atoms with Crippen molar-refractivity contribution in [3.8, 4) is 5.75 Å². The quantitative estimate of drug-likeness (QED) is 0.854. The van der Waals surface area contributed by atoms with Gasteiger partial charge in [-0.3, -0.25) is 9.59 Å². The molecule has 0 radical (unpaired) electrons. The molecule has 6 nitrogen and oxygen atoms in total. The van der Waals surface area contributed by atoms with E-state index in [1.807, 2.05) is 41.3 Å². The van der Waals surface area contributed by atoms with Crippen LogP contribution in [0.25, 0.3) is 0 Å². The lowest BCUT2D eigenvalue weighted by Gasteiger charge is -2.35. The lowest BCUT2D eigenvalue weighted by Crippen LogP contribution is -2.51. The number of carbonyl (C=O) groups is 2. The molecule has 0 spiro atoms. The van der Waals surface area contributed by atoms with Crippen molar-refractivity contribution < 1.29 is 14.3 Å². The highest BCUT2D eigenvalue weighted by Crippen LogP contribution is 2.33. The monoisotopic (exact) mass is 379 g/mol. The highest BCUT2D eigenvalue weighted by atomic mass is 16.5. The first-order chi connectivity index (χ1) is 13.7. The summed E-state index contributed by atoms with van der Waals surface area (Å²) in [6.45, 7) is 0.526. The van der Waals surface area contributed by atoms with Gasteiger partial charge in [-0.05, 0) is 42.5 Å². The van der Waals surface area contributed by atoms with Crippen molar-refractivity contribution in [3.63, 3.8) is 0 Å². The summed E-state index contributed by atoms with van der Waals surface area (Å²) in [6, 6.07) is 15.9. The Morgan fingerprint density at radius 1 is 1.14 bits per heavy atom. The number of para-hydroxylation sites is 2. The van der Waals surface area contributed by atoms with E-state index < -0.39 is 6.10 Å². The van der Waals surface area contributed by atoms with E-state index >= 15 is 0 Å². The lowest BCUT2D eigenvalue weighted by molar-refractivity contribution is -0.127. The maximum atomic E-state index is 12.9. The van der Waals surface area contributed by atoms with Gasteiger partial charge in [-0.15, -0.1) is 0 Å². The number of benzene rings is 2. The summed E-state index contributed by atoms with van der Waals surface area (Å²) in [7, 11) is 1.59. The number of carbonyl (C=O) groups excluding carboxylic acids is 2. The Morgan fingerprint density at radius 3 is 2.79 bits per heavy atom. The van der Waals surface area contributed by atoms with Crippen molar-refractivity contribution in [2.45, 2.75) is 31.4 Å². The van der Waals surface area contributed by atoms with Gasteiger partial charge in [-0.1, -0.05) is 36.4 Å². The smallest absolute Gasteiger partial charge is 0.262 e. The topological polar surface area (TPSA) is 70.7 Å². The van der Waals surface area contributed by atoms with Crippen LogP contribution in [0.4, 0.5) is 5.69 Å². The third-order valence-corrected chi connectivity index (χ3v) is 5.44. The Kier molecular flexibility index (Phi) is 5.19. The van der Waals surface area contributed by atoms with Crippen LogP contribution in [0.1, 0.15) is 30.0 Å². The third-order valence-electron chi connectivity index (χ3n) is 5.44. The Balaban J connectivity index is 1.49. The average Bonchev–Trinajstić information content (AvgIpc) is 2.73. The van der Waals surface area contributed by atoms with Crippen LogP contribution in [0, 0.1) is 0 Å². The molecule has 1 aliphatic heterocycles. The number of hydrogen-bond donors (Lipinski definition) is 2. The summed E-state index contributed by atoms with van der Waals surface area (Å²) in [4.78, 5) is 26.9. The number of likely N-dealkylation sites (N-methyl/N-ethyl adjacent to an activating group) is 1. The number of hydrogen-bond acceptors (Lipinski definition) is 4. The van der Waals surface area contributed by atoms with E-state index in [9.17, 15) is 9.59 Å². The lowest BCUT2D eigenvalue weighted by atomic mass is 9.88. The van der Waals surface area contributed by atoms with E-state index in [1.165, 1.54) is 11.1 Å². The molecule has 146 valence electrons. The van der Waals surface area contributed by atoms with Crippen LogP contribution in [-0.4, -0.2) is 38.1 Å². The zero-order chi connectivity index (χ0) is 19.5. The molecule has 0 unspecified atom stereocenters. The second-order valence-corrected chi connectivity index (χ2v) is 7.28. The Bertz CT molecular complexity index is 883. The zero-order valence-corrected chi connectivity index (χ0v) is 16.0. The molecular weight excluding hydrogens is 354 g/mol. The predicted octanol–water partition coefficient (Wildman–Crippen LogP) is 2.19. The summed E-state index contributed by atoms with van der Waals surface area (Å²) in [6.07, 6.45) is 2.44. The van der Waals surface area contributed by atoms with Crippen LogP contribution in [0.15, 0.2) is 48.5 Å². The number of anilines is 1. The molecule has 6 heteroatoms. The number of ether oxygens (including phenoxy) is 1. The van der Waals surface area contributed by atoms with Gasteiger partial charge >= 0.3 is 0 Å². The van der Waals surface area contributed by atoms with Gasteiger partial charge in [-0.25, -0.2) is 0 Å². The standard InChI is InChI=1S/C22H25N3O3/c1-23-22(27)20-13-25(18-11-4-5-12-19(18)28-20)14-21(26)24-17-10-6-8-15-7-2-3-9-16(15)17/h2-5,7,9,11-12,17,20H,6,8,10,13-14H2,1H3,(H,23,27)(H,24,26)/t17-,20-/m0/s1. The maximum absolute atomic E-state index is 12.9. The Morgan fingerprint density at radius 2 is 1.93 bits per heavy atom. The molecule has 2 aromatic carbocycles. The van der Waals surface area contributed by atoms with E-state index in [0.29, 0.717) is 12.3 Å². The fraction of sp³-hybridized carbons (Fsp3) is 0.364. The fourth-order valence-electron chi connectivity index (χ4n) is 4.07. The Hall–Kier alpha value is -3.02. The summed E-state index contributed by atoms with van der Waals surface area (Å²) in [5.41, 5.74) is 3.37. The second kappa shape index (κ2) is 7.92. The summed E-state index contributed by atoms with van der Waals surface area (Å²) < 4.78 is 5.81. The van der Waals surface area contributed by atoms with Crippen LogP contribution in [0.2, 0.25) is 0 Å². The predicted molar refractivity (Wildman–Crippen MR) is 107 cm³/mol. The maximum Gasteiger partial charge on any atom is 0.262 e. The number of nitrogens with zero attached hydrogens (tertiary/aromatic N) is 1. The van der Waals surface area contributed by atoms with Crippen LogP contribution >= 0.6 is 0 Å². The highest BCUT2D eigenvalue weighted by molar-refractivity contribution is 5.86. The van der Waals surface area contributed by atoms with Gasteiger partial charge in [0.05, 0.1) is 24.8 Å². The molecule has 2 aromatic rings. The minimum absolute atomic E-state index is 0.0449. The van der Waals surface area contributed by atoms with Gasteiger partial charge in [0, 0.05) is 7.05 Å². The minimum Gasteiger partial charge on any atom is -0.477 e. The number of fused-ring (bicyclic) bond motifs is 2. The summed E-state index contributed by atoms with van der Waals surface area (Å²) >= 11 is 0. The van der Waals surface area contributed by atoms with E-state index in [-0.39, 0.29) is 24.4 Å². The summed E-state index contributed by atoms with van der Waals surface area (Å²) in [5.74, 6) is 0.383. The molecule has 2 atom stereocenters. The molecule has 1 aliphatic carbocycles. The van der Waals surface area contributed by atoms with E-state index in [2.05, 4.69) is 22.8 Å². The molecule has 4 rings (SSSR count). The van der Waals surface area contributed by atoms with E-state index in [4.69, 9.17) is 4.74 Å². The SMILES string of the molecule is CNC(=O)[C@@H]1CN(CC(=O)N[C@H]2CCCc3ccccc32)c2ccccc2O1. The van der Waals surface area contributed by atoms with Crippen LogP contribution in [0.5, 0.6) is 5.75 Å². The van der Waals surface area contributed by atoms with Crippen molar-refractivity contribution >= 4 is 17.5 Å². The number of amides is 2. The molecule has 0 bridgehead atoms. The van der Waals surface area contributed by atoms with Gasteiger partial charge in [0.2, 0.25) is 5.91 Å². The normalized spacial score (nSPS) is 20.4. The minimum atomic E-state index is -0.636. The van der Waals surface area contributed by atoms with Gasteiger partial charge in [0.15, 0.2) is 6.10 Å². The van der Waals surface area contributed by atoms with Crippen LogP contribution < -0.4 is 20.3 Å². The van der Waals surface area contributed by atoms with Gasteiger partial charge in [-0.2, -0.15) is 0 Å². The first kappa shape index (κ1) is 18.3. The van der Waals surface area contributed by atoms with Crippen LogP contribution in [-0.2, 0) is 16.0 Å². The number of nitrogens with one attached hydrogen (secondary N) is 2. The molecule has 0 saturated heterocycles. The third kappa shape index (κ3) is 3.67. The van der Waals surface area contributed by atoms with Crippen molar-refractivity contribution in [1.82, 2.24) is 10.6 Å². The molecule has 2 N–H and O–H groups in total. The molecule has 0 saturated carbocycles. The van der Waals surface area contributed by atoms with Crippen molar-refractivity contribution in [1.29, 1.82) is 0 Å². The summed E-state index contributed by atoms with van der Waals surface area (Å²) in [5, 5.41) is 5.81. The van der Waals surface area contributed by atoms with Crippen LogP contribution in [0.3, 0.4) is 0 Å². The molecule has 0 aromatic heterocycles. The zero-order valence-electron chi connectivity index (χ0n) is 16.0. The molecule has 2 amide bonds. The Labute approximate surface area is 164 Å². The number of rotatable bonds is 4. The number of aryl methyl sites for hydroxylation is 1. The van der Waals surface area contributed by atoms with Crippen molar-refractivity contribution in [3.05, 3.63) is 59.7 Å². The van der Waals surface area contributed by atoms with Crippen molar-refractivity contribution in [2.24, 2.45) is 0 Å². The highest BCUT2D eigenvalue weighted by Gasteiger charge is 2.31. The molecule has 28 heavy (non-hydrogen) atoms. The fourth-order valence-corrected chi connectivity index (χ4v) is 4.07. The second-order valence-electron chi connectivity index (χ2n) is 7.28. The first-order valence-corrected chi connectivity index (χ1v) is 9.75. The van der Waals surface area contributed by atoms with Crippen molar-refractivity contribution in [2.75, 3.05) is 25.0 Å². The molecule has 1 heterocycles.